The number of hydrogen-bond donors (Lipinski definition) is 1. The minimum Gasteiger partial charge on any atom is -0.406 e. The Balaban J connectivity index is 1.15. The van der Waals surface area contributed by atoms with Crippen molar-refractivity contribution in [3.8, 4) is 22.8 Å². The van der Waals surface area contributed by atoms with Crippen LogP contribution in [0.2, 0.25) is 0 Å². The summed E-state index contributed by atoms with van der Waals surface area (Å²) in [7, 11) is 0. The lowest BCUT2D eigenvalue weighted by Gasteiger charge is -2.22. The number of carbonyl (C=O) groups excluding carboxylic acids is 2. The van der Waals surface area contributed by atoms with Crippen LogP contribution in [0.1, 0.15) is 35.1 Å². The van der Waals surface area contributed by atoms with Gasteiger partial charge in [0, 0.05) is 5.56 Å². The number of hydrogen-bond acceptors (Lipinski definition) is 6. The van der Waals surface area contributed by atoms with E-state index >= 15 is 0 Å². The van der Waals surface area contributed by atoms with E-state index in [1.165, 1.54) is 47.0 Å². The number of amides is 3. The van der Waals surface area contributed by atoms with Gasteiger partial charge in [0.2, 0.25) is 5.91 Å². The van der Waals surface area contributed by atoms with Gasteiger partial charge < -0.3 is 10.1 Å². The Bertz CT molecular complexity index is 1760. The second-order valence-electron chi connectivity index (χ2n) is 10.8. The van der Waals surface area contributed by atoms with Gasteiger partial charge in [0.15, 0.2) is 11.0 Å². The Morgan fingerprint density at radius 3 is 2.30 bits per heavy atom. The fraction of sp³-hybridized carbons (Fsp3) is 0.258. The van der Waals surface area contributed by atoms with Crippen LogP contribution < -0.4 is 15.0 Å². The van der Waals surface area contributed by atoms with Crippen molar-refractivity contribution in [2.75, 3.05) is 10.7 Å². The second-order valence-corrected chi connectivity index (χ2v) is 11.7. The second kappa shape index (κ2) is 11.1. The molecule has 0 atom stereocenters. The fourth-order valence-electron chi connectivity index (χ4n) is 5.38. The molecule has 1 aromatic heterocycles. The molecule has 2 heterocycles. The summed E-state index contributed by atoms with van der Waals surface area (Å²) in [6.45, 7) is 5.89. The molecule has 0 unspecified atom stereocenters. The van der Waals surface area contributed by atoms with E-state index in [0.717, 1.165) is 46.3 Å². The minimum absolute atomic E-state index is 0.114. The number of aryl methyl sites for hydroxylation is 3. The van der Waals surface area contributed by atoms with Crippen LogP contribution in [-0.4, -0.2) is 44.0 Å². The van der Waals surface area contributed by atoms with Crippen molar-refractivity contribution in [3.63, 3.8) is 0 Å². The van der Waals surface area contributed by atoms with E-state index in [1.54, 1.807) is 4.90 Å². The van der Waals surface area contributed by atoms with Gasteiger partial charge in [-0.2, -0.15) is 4.99 Å². The van der Waals surface area contributed by atoms with Crippen LogP contribution in [0.4, 0.5) is 23.7 Å². The lowest BCUT2D eigenvalue weighted by molar-refractivity contribution is -0.274. The normalized spacial score (nSPS) is 16.8. The zero-order valence-electron chi connectivity index (χ0n) is 24.0. The number of carbonyl (C=O) groups is 2. The minimum atomic E-state index is -4.76. The number of aliphatic imine (C=N–C) groups is 1. The molecule has 4 aromatic rings. The van der Waals surface area contributed by atoms with E-state index in [-0.39, 0.29) is 17.4 Å². The van der Waals surface area contributed by atoms with E-state index in [0.29, 0.717) is 16.7 Å². The highest BCUT2D eigenvalue weighted by Crippen LogP contribution is 2.46. The lowest BCUT2D eigenvalue weighted by atomic mass is 10.0. The highest BCUT2D eigenvalue weighted by molar-refractivity contribution is 8.15. The lowest BCUT2D eigenvalue weighted by Crippen LogP contribution is -2.36. The Morgan fingerprint density at radius 1 is 1.02 bits per heavy atom. The summed E-state index contributed by atoms with van der Waals surface area (Å²) in [5.41, 5.74) is 5.34. The molecule has 13 heteroatoms. The number of anilines is 1. The number of rotatable bonds is 6. The van der Waals surface area contributed by atoms with Crippen molar-refractivity contribution in [1.82, 2.24) is 20.1 Å². The summed E-state index contributed by atoms with van der Waals surface area (Å²) in [6, 6.07) is 16.3. The Morgan fingerprint density at radius 2 is 1.68 bits per heavy atom. The van der Waals surface area contributed by atoms with Gasteiger partial charge in [-0.05, 0) is 74.6 Å². The number of nitrogens with one attached hydrogen (secondary N) is 1. The molecule has 2 aliphatic rings. The van der Waals surface area contributed by atoms with Gasteiger partial charge in [0.25, 0.3) is 0 Å². The molecule has 1 N–H and O–H groups in total. The van der Waals surface area contributed by atoms with E-state index in [9.17, 15) is 22.8 Å². The standard InChI is InChI=1S/C31H27F3N6O3S/c1-18-14-19(2)26(20(3)15-18)40-25(41)16-44-29(40)36-28(42)37-30(12-13-30)22-6-4-21(5-7-22)27-35-17-39(38-27)23-8-10-24(11-9-23)43-31(32,33)34/h4-11,14-15,17H,12-13,16H2,1-3H3,(H,37,42)/b36-29-. The van der Waals surface area contributed by atoms with Gasteiger partial charge >= 0.3 is 12.4 Å². The van der Waals surface area contributed by atoms with E-state index in [2.05, 4.69) is 25.1 Å². The summed E-state index contributed by atoms with van der Waals surface area (Å²) >= 11 is 1.25. The largest absolute Gasteiger partial charge is 0.573 e. The van der Waals surface area contributed by atoms with Crippen molar-refractivity contribution in [3.05, 3.63) is 89.2 Å². The first-order valence-corrected chi connectivity index (χ1v) is 14.7. The van der Waals surface area contributed by atoms with Crippen LogP contribution in [0.5, 0.6) is 5.75 Å². The molecule has 3 amide bonds. The summed E-state index contributed by atoms with van der Waals surface area (Å²) in [5.74, 6) is 0.204. The third-order valence-corrected chi connectivity index (χ3v) is 8.36. The number of amidine groups is 1. The third-order valence-electron chi connectivity index (χ3n) is 7.44. The molecule has 2 fully saturated rings. The maximum Gasteiger partial charge on any atom is 0.573 e. The Hall–Kier alpha value is -4.65. The average Bonchev–Trinajstić information content (AvgIpc) is 3.40. The van der Waals surface area contributed by atoms with Crippen LogP contribution in [0.3, 0.4) is 0 Å². The van der Waals surface area contributed by atoms with E-state index in [1.807, 2.05) is 57.2 Å². The number of ether oxygens (including phenoxy) is 1. The molecule has 1 saturated carbocycles. The quantitative estimate of drug-likeness (QED) is 0.261. The average molecular weight is 621 g/mol. The Kier molecular flexibility index (Phi) is 7.44. The first kappa shape index (κ1) is 29.4. The zero-order chi connectivity index (χ0) is 31.2. The van der Waals surface area contributed by atoms with Crippen LogP contribution in [0.25, 0.3) is 17.1 Å². The maximum atomic E-state index is 13.1. The number of halogens is 3. The summed E-state index contributed by atoms with van der Waals surface area (Å²) < 4.78 is 42.7. The maximum absolute atomic E-state index is 13.1. The molecule has 226 valence electrons. The van der Waals surface area contributed by atoms with Crippen molar-refractivity contribution >= 4 is 34.6 Å². The molecule has 1 aliphatic carbocycles. The highest BCUT2D eigenvalue weighted by atomic mass is 32.2. The number of benzene rings is 3. The van der Waals surface area contributed by atoms with Crippen molar-refractivity contribution < 1.29 is 27.5 Å². The molecule has 0 spiro atoms. The SMILES string of the molecule is Cc1cc(C)c(N2C(=O)CS/C2=N\C(=O)NC2(c3ccc(-c4ncn(-c5ccc(OC(F)(F)F)cc5)n4)cc3)CC2)c(C)c1. The first-order valence-electron chi connectivity index (χ1n) is 13.7. The third kappa shape index (κ3) is 6.05. The monoisotopic (exact) mass is 620 g/mol. The highest BCUT2D eigenvalue weighted by Gasteiger charge is 2.46. The molecular formula is C31H27F3N6O3S. The number of nitrogens with zero attached hydrogens (tertiary/aromatic N) is 5. The van der Waals surface area contributed by atoms with Crippen LogP contribution in [-0.2, 0) is 10.3 Å². The predicted octanol–water partition coefficient (Wildman–Crippen LogP) is 6.59. The molecule has 3 aromatic carbocycles. The van der Waals surface area contributed by atoms with Crippen molar-refractivity contribution in [2.45, 2.75) is 45.5 Å². The summed E-state index contributed by atoms with van der Waals surface area (Å²) in [5, 5.41) is 7.85. The van der Waals surface area contributed by atoms with Gasteiger partial charge in [-0.3, -0.25) is 9.69 Å². The number of urea groups is 1. The van der Waals surface area contributed by atoms with Crippen LogP contribution in [0, 0.1) is 20.8 Å². The molecule has 0 bridgehead atoms. The number of alkyl halides is 3. The van der Waals surface area contributed by atoms with Gasteiger partial charge in [0.05, 0.1) is 22.7 Å². The van der Waals surface area contributed by atoms with Crippen LogP contribution in [0.15, 0.2) is 72.0 Å². The van der Waals surface area contributed by atoms with Gasteiger partial charge in [-0.15, -0.1) is 18.3 Å². The Labute approximate surface area is 255 Å². The van der Waals surface area contributed by atoms with Crippen molar-refractivity contribution in [2.24, 2.45) is 4.99 Å². The number of thioether (sulfide) groups is 1. The molecule has 0 radical (unpaired) electrons. The summed E-state index contributed by atoms with van der Waals surface area (Å²) in [4.78, 5) is 36.1. The first-order chi connectivity index (χ1) is 20.9. The predicted molar refractivity (Wildman–Crippen MR) is 161 cm³/mol. The van der Waals surface area contributed by atoms with Gasteiger partial charge in [-0.25, -0.2) is 14.5 Å². The molecule has 1 saturated heterocycles. The van der Waals surface area contributed by atoms with Crippen molar-refractivity contribution in [1.29, 1.82) is 0 Å². The zero-order valence-corrected chi connectivity index (χ0v) is 24.8. The topological polar surface area (TPSA) is 102 Å². The smallest absolute Gasteiger partial charge is 0.406 e. The molecular weight excluding hydrogens is 593 g/mol. The van der Waals surface area contributed by atoms with Gasteiger partial charge in [-0.1, -0.05) is 53.7 Å². The summed E-state index contributed by atoms with van der Waals surface area (Å²) in [6.07, 6.45) is -1.80. The molecule has 9 nitrogen and oxygen atoms in total. The van der Waals surface area contributed by atoms with E-state index in [4.69, 9.17) is 0 Å². The molecule has 1 aliphatic heterocycles. The number of aromatic nitrogens is 3. The van der Waals surface area contributed by atoms with Crippen LogP contribution >= 0.6 is 11.8 Å². The van der Waals surface area contributed by atoms with E-state index < -0.39 is 17.9 Å². The molecule has 44 heavy (non-hydrogen) atoms. The fourth-order valence-corrected chi connectivity index (χ4v) is 6.23. The van der Waals surface area contributed by atoms with Gasteiger partial charge in [0.1, 0.15) is 12.1 Å². The molecule has 6 rings (SSSR count).